The van der Waals surface area contributed by atoms with Gasteiger partial charge < -0.3 is 19.7 Å². The van der Waals surface area contributed by atoms with Crippen LogP contribution in [0.25, 0.3) is 11.1 Å². The highest BCUT2D eigenvalue weighted by atomic mass is 35.5. The number of rotatable bonds is 11. The predicted octanol–water partition coefficient (Wildman–Crippen LogP) is 4.29. The van der Waals surface area contributed by atoms with Crippen LogP contribution in [0.4, 0.5) is 4.39 Å². The van der Waals surface area contributed by atoms with Crippen molar-refractivity contribution in [2.24, 2.45) is 5.41 Å². The maximum absolute atomic E-state index is 15.0. The third kappa shape index (κ3) is 6.80. The number of amides is 1. The molecular formula is C25H26ClFN2O6. The molecule has 35 heavy (non-hydrogen) atoms. The van der Waals surface area contributed by atoms with E-state index in [0.717, 1.165) is 6.07 Å². The van der Waals surface area contributed by atoms with E-state index >= 15 is 0 Å². The molecule has 3 rings (SSSR count). The van der Waals surface area contributed by atoms with Crippen molar-refractivity contribution < 1.29 is 28.3 Å². The molecule has 10 heteroatoms. The Kier molecular flexibility index (Phi) is 8.48. The Balaban J connectivity index is 1.87. The SMILES string of the molecule is CCOCC(C)(C[C@@H](Cc1ccc(-c2cccc(Cl)c2)c(F)c1)NC(=O)c1cc(=O)[nH]o1)C(=O)O. The maximum Gasteiger partial charge on any atom is 0.311 e. The molecule has 2 atom stereocenters. The summed E-state index contributed by atoms with van der Waals surface area (Å²) in [5, 5.41) is 15.0. The molecule has 3 N–H and O–H groups in total. The molecule has 1 aromatic heterocycles. The van der Waals surface area contributed by atoms with Gasteiger partial charge in [0.05, 0.1) is 18.1 Å². The number of carbonyl (C=O) groups excluding carboxylic acids is 1. The lowest BCUT2D eigenvalue weighted by Crippen LogP contribution is -2.44. The van der Waals surface area contributed by atoms with E-state index in [4.69, 9.17) is 20.9 Å². The zero-order valence-corrected chi connectivity index (χ0v) is 20.0. The first kappa shape index (κ1) is 26.2. The largest absolute Gasteiger partial charge is 0.481 e. The van der Waals surface area contributed by atoms with E-state index < -0.39 is 34.7 Å². The Morgan fingerprint density at radius 1 is 1.26 bits per heavy atom. The van der Waals surface area contributed by atoms with Crippen LogP contribution in [0.1, 0.15) is 36.4 Å². The van der Waals surface area contributed by atoms with Crippen molar-refractivity contribution in [2.45, 2.75) is 32.7 Å². The van der Waals surface area contributed by atoms with Gasteiger partial charge in [-0.1, -0.05) is 35.9 Å². The molecule has 0 aliphatic carbocycles. The van der Waals surface area contributed by atoms with Gasteiger partial charge in [0.25, 0.3) is 11.5 Å². The summed E-state index contributed by atoms with van der Waals surface area (Å²) in [5.74, 6) is -2.53. The molecule has 0 aliphatic rings. The minimum absolute atomic E-state index is 0.0135. The lowest BCUT2D eigenvalue weighted by Gasteiger charge is -2.30. The Hall–Kier alpha value is -3.43. The number of aliphatic carboxylic acids is 1. The van der Waals surface area contributed by atoms with Gasteiger partial charge in [0.15, 0.2) is 0 Å². The van der Waals surface area contributed by atoms with Gasteiger partial charge in [-0.3, -0.25) is 14.4 Å². The fourth-order valence-corrected chi connectivity index (χ4v) is 3.96. The Morgan fingerprint density at radius 3 is 2.63 bits per heavy atom. The normalized spacial score (nSPS) is 13.7. The first-order valence-corrected chi connectivity index (χ1v) is 11.3. The summed E-state index contributed by atoms with van der Waals surface area (Å²) in [4.78, 5) is 36.0. The number of hydrogen-bond donors (Lipinski definition) is 3. The van der Waals surface area contributed by atoms with Gasteiger partial charge in [0.2, 0.25) is 5.76 Å². The van der Waals surface area contributed by atoms with Crippen molar-refractivity contribution in [2.75, 3.05) is 13.2 Å². The summed E-state index contributed by atoms with van der Waals surface area (Å²) in [6.45, 7) is 3.51. The highest BCUT2D eigenvalue weighted by Crippen LogP contribution is 2.29. The molecule has 0 saturated carbocycles. The topological polar surface area (TPSA) is 122 Å². The van der Waals surface area contributed by atoms with E-state index in [0.29, 0.717) is 28.3 Å². The van der Waals surface area contributed by atoms with Crippen molar-refractivity contribution >= 4 is 23.5 Å². The summed E-state index contributed by atoms with van der Waals surface area (Å²) >= 11 is 6.02. The standard InChI is InChI=1S/C25H26ClFN2O6/c1-3-34-14-25(2,24(32)33)13-18(28-23(31)21-12-22(30)29-35-21)9-15-7-8-19(20(27)10-15)16-5-4-6-17(26)11-16/h4-8,10-12,18H,3,9,13-14H2,1-2H3,(H,28,31)(H,29,30)(H,32,33)/t18-,25?/m1/s1. The zero-order chi connectivity index (χ0) is 25.6. The van der Waals surface area contributed by atoms with Crippen molar-refractivity contribution in [1.29, 1.82) is 0 Å². The minimum Gasteiger partial charge on any atom is -0.481 e. The Bertz CT molecular complexity index is 1260. The minimum atomic E-state index is -1.33. The van der Waals surface area contributed by atoms with E-state index in [1.807, 2.05) is 5.16 Å². The second-order valence-corrected chi connectivity index (χ2v) is 8.92. The van der Waals surface area contributed by atoms with Crippen molar-refractivity contribution in [3.05, 3.63) is 81.0 Å². The molecule has 0 bridgehead atoms. The Morgan fingerprint density at radius 2 is 2.03 bits per heavy atom. The van der Waals surface area contributed by atoms with Gasteiger partial charge in [-0.05, 0) is 56.0 Å². The van der Waals surface area contributed by atoms with Crippen LogP contribution in [0.2, 0.25) is 5.02 Å². The summed E-state index contributed by atoms with van der Waals surface area (Å²) < 4.78 is 25.2. The summed E-state index contributed by atoms with van der Waals surface area (Å²) in [6, 6.07) is 11.7. The molecule has 0 saturated heterocycles. The molecule has 3 aromatic rings. The number of H-pyrrole nitrogens is 1. The number of hydrogen-bond acceptors (Lipinski definition) is 5. The molecular weight excluding hydrogens is 479 g/mol. The van der Waals surface area contributed by atoms with Gasteiger partial charge in [-0.2, -0.15) is 5.16 Å². The van der Waals surface area contributed by atoms with Gasteiger partial charge in [0.1, 0.15) is 5.82 Å². The first-order valence-electron chi connectivity index (χ1n) is 11.0. The monoisotopic (exact) mass is 504 g/mol. The van der Waals surface area contributed by atoms with E-state index in [2.05, 4.69) is 5.32 Å². The molecule has 0 spiro atoms. The van der Waals surface area contributed by atoms with Gasteiger partial charge in [-0.25, -0.2) is 4.39 Å². The van der Waals surface area contributed by atoms with Crippen molar-refractivity contribution in [3.8, 4) is 11.1 Å². The van der Waals surface area contributed by atoms with Crippen LogP contribution in [0.3, 0.4) is 0 Å². The number of nitrogens with one attached hydrogen (secondary N) is 2. The second kappa shape index (κ2) is 11.3. The highest BCUT2D eigenvalue weighted by Gasteiger charge is 2.37. The van der Waals surface area contributed by atoms with E-state index in [9.17, 15) is 23.9 Å². The van der Waals surface area contributed by atoms with Crippen LogP contribution >= 0.6 is 11.6 Å². The van der Waals surface area contributed by atoms with Crippen LogP contribution < -0.4 is 10.9 Å². The van der Waals surface area contributed by atoms with Crippen LogP contribution in [0.15, 0.2) is 57.8 Å². The number of ether oxygens (including phenoxy) is 1. The number of benzene rings is 2. The van der Waals surface area contributed by atoms with E-state index in [-0.39, 0.29) is 25.2 Å². The molecule has 1 amide bonds. The molecule has 2 aromatic carbocycles. The predicted molar refractivity (Wildman–Crippen MR) is 128 cm³/mol. The highest BCUT2D eigenvalue weighted by molar-refractivity contribution is 6.30. The second-order valence-electron chi connectivity index (χ2n) is 8.48. The quantitative estimate of drug-likeness (QED) is 0.358. The molecule has 8 nitrogen and oxygen atoms in total. The third-order valence-electron chi connectivity index (χ3n) is 5.57. The van der Waals surface area contributed by atoms with Crippen LogP contribution in [0, 0.1) is 11.2 Å². The lowest BCUT2D eigenvalue weighted by molar-refractivity contribution is -0.152. The first-order chi connectivity index (χ1) is 16.6. The number of aromatic nitrogens is 1. The molecule has 0 fully saturated rings. The van der Waals surface area contributed by atoms with Gasteiger partial charge in [0, 0.05) is 23.2 Å². The van der Waals surface area contributed by atoms with Crippen LogP contribution in [0.5, 0.6) is 0 Å². The summed E-state index contributed by atoms with van der Waals surface area (Å²) in [6.07, 6.45) is 0.114. The molecule has 1 unspecified atom stereocenters. The van der Waals surface area contributed by atoms with E-state index in [1.54, 1.807) is 43.3 Å². The Labute approximate surface area is 206 Å². The lowest BCUT2D eigenvalue weighted by atomic mass is 9.82. The van der Waals surface area contributed by atoms with Crippen LogP contribution in [-0.4, -0.2) is 41.4 Å². The van der Waals surface area contributed by atoms with Gasteiger partial charge in [-0.15, -0.1) is 0 Å². The van der Waals surface area contributed by atoms with Gasteiger partial charge >= 0.3 is 5.97 Å². The number of carboxylic acids is 1. The molecule has 0 aliphatic heterocycles. The zero-order valence-electron chi connectivity index (χ0n) is 19.3. The number of aromatic amines is 1. The fraction of sp³-hybridized carbons (Fsp3) is 0.320. The number of halogens is 2. The van der Waals surface area contributed by atoms with Crippen molar-refractivity contribution in [3.63, 3.8) is 0 Å². The summed E-state index contributed by atoms with van der Waals surface area (Å²) in [5.41, 5.74) is -0.399. The third-order valence-corrected chi connectivity index (χ3v) is 5.81. The van der Waals surface area contributed by atoms with Crippen LogP contribution in [-0.2, 0) is 16.0 Å². The molecule has 0 radical (unpaired) electrons. The average Bonchev–Trinajstić information content (AvgIpc) is 3.24. The molecule has 186 valence electrons. The molecule has 1 heterocycles. The number of carbonyl (C=O) groups is 2. The maximum atomic E-state index is 15.0. The summed E-state index contributed by atoms with van der Waals surface area (Å²) in [7, 11) is 0. The number of carboxylic acid groups (broad SMARTS) is 1. The van der Waals surface area contributed by atoms with Crippen molar-refractivity contribution in [1.82, 2.24) is 10.5 Å². The smallest absolute Gasteiger partial charge is 0.311 e. The fourth-order valence-electron chi connectivity index (χ4n) is 3.77. The van der Waals surface area contributed by atoms with E-state index in [1.165, 1.54) is 13.0 Å². The average molecular weight is 505 g/mol.